The van der Waals surface area contributed by atoms with Crippen molar-refractivity contribution in [2.75, 3.05) is 0 Å². The van der Waals surface area contributed by atoms with Crippen LogP contribution in [0, 0.1) is 39.4 Å². The Hall–Kier alpha value is -0.590. The number of carbonyl (C=O) groups is 1. The van der Waals surface area contributed by atoms with Crippen molar-refractivity contribution in [2.24, 2.45) is 39.4 Å². The molecule has 0 aromatic rings. The zero-order valence-electron chi connectivity index (χ0n) is 14.3. The Bertz CT molecular complexity index is 544. The molecule has 6 atom stereocenters. The lowest BCUT2D eigenvalue weighted by Crippen LogP contribution is -2.49. The van der Waals surface area contributed by atoms with Crippen LogP contribution in [-0.4, -0.2) is 5.78 Å². The average molecular weight is 286 g/mol. The highest BCUT2D eigenvalue weighted by molar-refractivity contribution is 5.96. The van der Waals surface area contributed by atoms with Gasteiger partial charge in [-0.3, -0.25) is 4.79 Å². The van der Waals surface area contributed by atoms with Gasteiger partial charge in [0.15, 0.2) is 5.78 Å². The summed E-state index contributed by atoms with van der Waals surface area (Å²) in [6.45, 7) is 12.2. The zero-order chi connectivity index (χ0) is 15.3. The first-order valence-corrected chi connectivity index (χ1v) is 8.90. The average Bonchev–Trinajstić information content (AvgIpc) is 2.92. The number of allylic oxidation sites excluding steroid dienone is 2. The van der Waals surface area contributed by atoms with E-state index in [1.165, 1.54) is 25.7 Å². The fourth-order valence-electron chi connectivity index (χ4n) is 7.83. The highest BCUT2D eigenvalue weighted by Gasteiger charge is 2.74. The van der Waals surface area contributed by atoms with E-state index >= 15 is 0 Å². The Kier molecular flexibility index (Phi) is 2.44. The summed E-state index contributed by atoms with van der Waals surface area (Å²) < 4.78 is 0. The molecule has 6 unspecified atom stereocenters. The first kappa shape index (κ1) is 14.0. The normalized spacial score (nSPS) is 57.2. The van der Waals surface area contributed by atoms with Gasteiger partial charge in [-0.1, -0.05) is 40.7 Å². The molecule has 4 aliphatic carbocycles. The van der Waals surface area contributed by atoms with Gasteiger partial charge in [0.2, 0.25) is 0 Å². The van der Waals surface area contributed by atoms with Gasteiger partial charge in [-0.2, -0.15) is 0 Å². The Labute approximate surface area is 129 Å². The lowest BCUT2D eigenvalue weighted by molar-refractivity contribution is -0.134. The predicted molar refractivity (Wildman–Crippen MR) is 85.8 cm³/mol. The molecule has 4 rings (SSSR count). The number of ketones is 1. The third-order valence-corrected chi connectivity index (χ3v) is 8.57. The lowest BCUT2D eigenvalue weighted by Gasteiger charge is -2.50. The van der Waals surface area contributed by atoms with Gasteiger partial charge >= 0.3 is 0 Å². The van der Waals surface area contributed by atoms with Gasteiger partial charge in [-0.25, -0.2) is 0 Å². The quantitative estimate of drug-likeness (QED) is 0.611. The van der Waals surface area contributed by atoms with Gasteiger partial charge in [-0.05, 0) is 72.2 Å². The van der Waals surface area contributed by atoms with Crippen molar-refractivity contribution < 1.29 is 4.79 Å². The molecule has 4 aliphatic rings. The van der Waals surface area contributed by atoms with Gasteiger partial charge in [-0.15, -0.1) is 0 Å². The van der Waals surface area contributed by atoms with E-state index in [4.69, 9.17) is 0 Å². The lowest BCUT2D eigenvalue weighted by atomic mass is 9.52. The van der Waals surface area contributed by atoms with Crippen molar-refractivity contribution in [3.63, 3.8) is 0 Å². The molecule has 1 nitrogen and oxygen atoms in total. The highest BCUT2D eigenvalue weighted by Crippen LogP contribution is 2.79. The largest absolute Gasteiger partial charge is 0.294 e. The van der Waals surface area contributed by atoms with Crippen LogP contribution in [-0.2, 0) is 4.79 Å². The minimum absolute atomic E-state index is 0.0880. The van der Waals surface area contributed by atoms with Crippen LogP contribution in [0.1, 0.15) is 66.7 Å². The van der Waals surface area contributed by atoms with E-state index in [1.807, 2.05) is 6.08 Å². The van der Waals surface area contributed by atoms with E-state index in [2.05, 4.69) is 40.7 Å². The second kappa shape index (κ2) is 3.66. The molecule has 3 saturated carbocycles. The Morgan fingerprint density at radius 2 is 1.81 bits per heavy atom. The second-order valence-corrected chi connectivity index (χ2v) is 9.83. The van der Waals surface area contributed by atoms with E-state index < -0.39 is 0 Å². The van der Waals surface area contributed by atoms with Crippen LogP contribution >= 0.6 is 0 Å². The van der Waals surface area contributed by atoms with Crippen LogP contribution < -0.4 is 0 Å². The molecule has 0 amide bonds. The number of hydrogen-bond acceptors (Lipinski definition) is 1. The molecule has 1 spiro atoms. The maximum atomic E-state index is 12.8. The van der Waals surface area contributed by atoms with E-state index in [9.17, 15) is 4.79 Å². The molecule has 0 saturated heterocycles. The summed E-state index contributed by atoms with van der Waals surface area (Å²) in [5, 5.41) is 0. The number of hydrogen-bond donors (Lipinski definition) is 0. The van der Waals surface area contributed by atoms with Crippen LogP contribution in [0.25, 0.3) is 0 Å². The molecule has 0 heterocycles. The Balaban J connectivity index is 1.90. The summed E-state index contributed by atoms with van der Waals surface area (Å²) in [4.78, 5) is 12.8. The zero-order valence-corrected chi connectivity index (χ0v) is 14.3. The summed E-state index contributed by atoms with van der Waals surface area (Å²) in [5.41, 5.74) is 1.08. The fourth-order valence-corrected chi connectivity index (χ4v) is 7.83. The monoisotopic (exact) mass is 286 g/mol. The minimum atomic E-state index is -0.0880. The third-order valence-electron chi connectivity index (χ3n) is 8.57. The Morgan fingerprint density at radius 1 is 1.10 bits per heavy atom. The van der Waals surface area contributed by atoms with Crippen LogP contribution in [0.4, 0.5) is 0 Å². The molecule has 0 aromatic heterocycles. The molecule has 1 heteroatoms. The molecule has 3 fully saturated rings. The molecule has 0 N–H and O–H groups in total. The van der Waals surface area contributed by atoms with Gasteiger partial charge in [0.25, 0.3) is 0 Å². The predicted octanol–water partition coefficient (Wildman–Crippen LogP) is 5.01. The first-order chi connectivity index (χ1) is 9.67. The summed E-state index contributed by atoms with van der Waals surface area (Å²) in [6, 6.07) is 0. The highest BCUT2D eigenvalue weighted by atomic mass is 16.1. The van der Waals surface area contributed by atoms with Gasteiger partial charge < -0.3 is 0 Å². The maximum absolute atomic E-state index is 12.8. The summed E-state index contributed by atoms with van der Waals surface area (Å²) >= 11 is 0. The van der Waals surface area contributed by atoms with E-state index in [0.717, 1.165) is 18.3 Å². The minimum Gasteiger partial charge on any atom is -0.294 e. The van der Waals surface area contributed by atoms with Crippen LogP contribution in [0.2, 0.25) is 0 Å². The molecule has 0 aliphatic heterocycles. The van der Waals surface area contributed by atoms with Gasteiger partial charge in [0.1, 0.15) is 0 Å². The van der Waals surface area contributed by atoms with E-state index in [0.29, 0.717) is 22.5 Å². The standard InChI is InChI=1S/C20H30O/c1-13-6-7-15(21)19(5)9-8-14-16-17(2,3)10-11-18(16,4)12-20(13,14)19/h6-7,13-14,16H,8-12H2,1-5H3. The summed E-state index contributed by atoms with van der Waals surface area (Å²) in [5.74, 6) is 2.55. The van der Waals surface area contributed by atoms with Gasteiger partial charge in [0.05, 0.1) is 0 Å². The molecular formula is C20H30O. The topological polar surface area (TPSA) is 17.1 Å². The van der Waals surface area contributed by atoms with Crippen molar-refractivity contribution in [3.05, 3.63) is 12.2 Å². The van der Waals surface area contributed by atoms with Crippen molar-refractivity contribution in [1.82, 2.24) is 0 Å². The van der Waals surface area contributed by atoms with E-state index in [1.54, 1.807) is 0 Å². The number of rotatable bonds is 0. The number of carbonyl (C=O) groups excluding carboxylic acids is 1. The SMILES string of the molecule is CC1C=CC(=O)C2(C)CCC3C4C(C)(C)CCC4(C)CC132. The van der Waals surface area contributed by atoms with Crippen molar-refractivity contribution in [1.29, 1.82) is 0 Å². The first-order valence-electron chi connectivity index (χ1n) is 8.90. The Morgan fingerprint density at radius 3 is 2.52 bits per heavy atom. The van der Waals surface area contributed by atoms with E-state index in [-0.39, 0.29) is 10.8 Å². The molecule has 0 bridgehead atoms. The second-order valence-electron chi connectivity index (χ2n) is 9.83. The smallest absolute Gasteiger partial charge is 0.161 e. The molecule has 21 heavy (non-hydrogen) atoms. The maximum Gasteiger partial charge on any atom is 0.161 e. The van der Waals surface area contributed by atoms with Crippen molar-refractivity contribution in [2.45, 2.75) is 66.7 Å². The third kappa shape index (κ3) is 1.33. The van der Waals surface area contributed by atoms with Crippen molar-refractivity contribution >= 4 is 5.78 Å². The van der Waals surface area contributed by atoms with Crippen LogP contribution in [0.5, 0.6) is 0 Å². The summed E-state index contributed by atoms with van der Waals surface area (Å²) in [6.07, 6.45) is 10.6. The van der Waals surface area contributed by atoms with Crippen LogP contribution in [0.15, 0.2) is 12.2 Å². The van der Waals surface area contributed by atoms with Crippen LogP contribution in [0.3, 0.4) is 0 Å². The molecule has 0 radical (unpaired) electrons. The van der Waals surface area contributed by atoms with Crippen molar-refractivity contribution in [3.8, 4) is 0 Å². The van der Waals surface area contributed by atoms with Gasteiger partial charge in [0, 0.05) is 5.41 Å². The molecular weight excluding hydrogens is 256 g/mol. The number of fused-ring (bicyclic) bond motifs is 2. The summed E-state index contributed by atoms with van der Waals surface area (Å²) in [7, 11) is 0. The fraction of sp³-hybridized carbons (Fsp3) is 0.850. The molecule has 116 valence electrons. The molecule has 0 aromatic carbocycles.